The van der Waals surface area contributed by atoms with Gasteiger partial charge in [0.1, 0.15) is 53.9 Å². The van der Waals surface area contributed by atoms with Crippen molar-refractivity contribution >= 4 is 10.4 Å². The molecule has 468 valence electrons. The predicted octanol–water partition coefficient (Wildman–Crippen LogP) is 3.32. The molecule has 32 atom stereocenters. The molecule has 0 aromatic heterocycles. The lowest BCUT2D eigenvalue weighted by Gasteiger charge is -2.60. The van der Waals surface area contributed by atoms with Crippen molar-refractivity contribution in [2.45, 2.75) is 325 Å². The fraction of sp³-hybridized carbons (Fsp3) is 0.900. The summed E-state index contributed by atoms with van der Waals surface area (Å²) in [5.74, 6) is 0.0905. The second-order valence-corrected chi connectivity index (χ2v) is 29.2. The van der Waals surface area contributed by atoms with Crippen LogP contribution in [0.25, 0.3) is 0 Å². The fourth-order valence-electron chi connectivity index (χ4n) is 17.5. The molecule has 13 aliphatic heterocycles. The molecule has 6 N–H and O–H groups in total. The second kappa shape index (κ2) is 21.8. The van der Waals surface area contributed by atoms with Crippen molar-refractivity contribution in [3.63, 3.8) is 0 Å². The van der Waals surface area contributed by atoms with E-state index in [-0.39, 0.29) is 98.1 Å². The third-order valence-corrected chi connectivity index (χ3v) is 22.6. The molecule has 13 aliphatic rings. The minimum absolute atomic E-state index is 0.0223. The normalized spacial score (nSPS) is 55.4. The number of epoxide rings is 1. The molecule has 0 aliphatic carbocycles. The summed E-state index contributed by atoms with van der Waals surface area (Å²) in [5.41, 5.74) is -2.14. The largest absolute Gasteiger partial charge is 0.397 e. The van der Waals surface area contributed by atoms with Gasteiger partial charge in [-0.05, 0) is 91.1 Å². The standard InChI is InChI=1S/C60H90O22S/c1-10-11-27(2)16-48-60(9,80-48)54-29(4)17-41-40(75-54)23-47-59(8,79-41)53(65)52-44(74-47)22-43-49(76-52)28(3)12-14-56(5)46(73-43)24-45-57(6,82-56)15-13-33-35(72-45)19-37-36(69-33)20-38-39(71-37)21-42-34(70-38)18-30(62)55-58(7,78-42)25-31(63)50(77-55)51(32(64)26-61)81-83(66,67)68/h10,28,30-55,61-65H,1-2,4,11-26H2,3,5-9H3,(H,66,67,68). The molecule has 0 saturated carbocycles. The maximum atomic E-state index is 12.4. The van der Waals surface area contributed by atoms with E-state index in [1.165, 1.54) is 0 Å². The van der Waals surface area contributed by atoms with Crippen LogP contribution < -0.4 is 0 Å². The topological polar surface area (TPSA) is 288 Å². The van der Waals surface area contributed by atoms with Crippen molar-refractivity contribution in [3.05, 3.63) is 37.0 Å². The van der Waals surface area contributed by atoms with Crippen LogP contribution in [0.1, 0.15) is 138 Å². The number of allylic oxidation sites excluding steroid dienone is 1. The number of aliphatic hydroxyl groups is 5. The van der Waals surface area contributed by atoms with E-state index < -0.39 is 124 Å². The Morgan fingerprint density at radius 2 is 1.25 bits per heavy atom. The SMILES string of the molecule is C=CCC(=C)CC1OC1(C)C1OC2CC3OC4CC5OC6CC7OC8CC9OC%10CC%11OC%12(C)CC(O)C(C(OS(=O)(=O)O)C(O)CO)OC%12C(O)CC%11OC%10CC9OC8CCC7(C)OC6(C)CCC(C)C5OC4C(O)C3(C)OC2CC1=C. The molecule has 0 radical (unpaired) electrons. The molecule has 0 amide bonds. The maximum absolute atomic E-state index is 12.4. The zero-order valence-electron chi connectivity index (χ0n) is 48.7. The van der Waals surface area contributed by atoms with Crippen molar-refractivity contribution in [2.75, 3.05) is 6.61 Å². The van der Waals surface area contributed by atoms with Crippen LogP contribution >= 0.6 is 0 Å². The molecule has 13 rings (SSSR count). The summed E-state index contributed by atoms with van der Waals surface area (Å²) in [6, 6.07) is 0. The van der Waals surface area contributed by atoms with Crippen LogP contribution in [0.5, 0.6) is 0 Å². The van der Waals surface area contributed by atoms with Crippen molar-refractivity contribution in [1.82, 2.24) is 0 Å². The van der Waals surface area contributed by atoms with Gasteiger partial charge in [-0.15, -0.1) is 6.58 Å². The Morgan fingerprint density at radius 1 is 0.663 bits per heavy atom. The Morgan fingerprint density at radius 3 is 1.93 bits per heavy atom. The molecule has 23 heteroatoms. The summed E-state index contributed by atoms with van der Waals surface area (Å²) in [6.07, 6.45) is -7.01. The first-order valence-corrected chi connectivity index (χ1v) is 32.1. The van der Waals surface area contributed by atoms with Gasteiger partial charge in [0.05, 0.1) is 139 Å². The zero-order valence-corrected chi connectivity index (χ0v) is 49.5. The molecule has 13 saturated heterocycles. The average Bonchev–Trinajstić information content (AvgIpc) is 2.36. The van der Waals surface area contributed by atoms with Crippen LogP contribution in [0.15, 0.2) is 37.0 Å². The van der Waals surface area contributed by atoms with E-state index in [1.54, 1.807) is 6.92 Å². The molecule has 0 aromatic rings. The van der Waals surface area contributed by atoms with Gasteiger partial charge in [-0.25, -0.2) is 4.18 Å². The molecule has 32 unspecified atom stereocenters. The summed E-state index contributed by atoms with van der Waals surface area (Å²) < 4.78 is 127. The van der Waals surface area contributed by atoms with Crippen LogP contribution in [-0.4, -0.2) is 232 Å². The van der Waals surface area contributed by atoms with Gasteiger partial charge in [0, 0.05) is 51.4 Å². The highest BCUT2D eigenvalue weighted by Gasteiger charge is 2.67. The predicted molar refractivity (Wildman–Crippen MR) is 290 cm³/mol. The number of hydrogen-bond donors (Lipinski definition) is 6. The maximum Gasteiger partial charge on any atom is 0.397 e. The molecule has 0 aromatic carbocycles. The summed E-state index contributed by atoms with van der Waals surface area (Å²) in [4.78, 5) is 0. The van der Waals surface area contributed by atoms with Crippen molar-refractivity contribution in [1.29, 1.82) is 0 Å². The minimum Gasteiger partial charge on any atom is -0.394 e. The van der Waals surface area contributed by atoms with Gasteiger partial charge in [-0.3, -0.25) is 4.55 Å². The molecule has 0 spiro atoms. The van der Waals surface area contributed by atoms with Gasteiger partial charge in [0.2, 0.25) is 0 Å². The van der Waals surface area contributed by atoms with Crippen LogP contribution in [0, 0.1) is 5.92 Å². The average molecular weight is 1200 g/mol. The molecular weight excluding hydrogens is 1100 g/mol. The van der Waals surface area contributed by atoms with E-state index >= 15 is 0 Å². The van der Waals surface area contributed by atoms with Crippen LogP contribution in [0.4, 0.5) is 0 Å². The van der Waals surface area contributed by atoms with Gasteiger partial charge in [0.25, 0.3) is 0 Å². The molecule has 13 fully saturated rings. The summed E-state index contributed by atoms with van der Waals surface area (Å²) >= 11 is 0. The minimum atomic E-state index is -5.15. The van der Waals surface area contributed by atoms with Crippen molar-refractivity contribution in [3.8, 4) is 0 Å². The summed E-state index contributed by atoms with van der Waals surface area (Å²) in [5, 5.41) is 55.6. The molecule has 0 bridgehead atoms. The third-order valence-electron chi connectivity index (χ3n) is 22.1. The molecule has 13 heterocycles. The Labute approximate surface area is 487 Å². The first-order chi connectivity index (χ1) is 39.2. The first-order valence-electron chi connectivity index (χ1n) is 30.8. The lowest BCUT2D eigenvalue weighted by atomic mass is 9.73. The first kappa shape index (κ1) is 60.3. The van der Waals surface area contributed by atoms with Gasteiger partial charge in [-0.1, -0.05) is 31.7 Å². The van der Waals surface area contributed by atoms with Crippen molar-refractivity contribution < 1.29 is 104 Å². The Bertz CT molecular complexity index is 2580. The molecule has 83 heavy (non-hydrogen) atoms. The van der Waals surface area contributed by atoms with E-state index in [0.29, 0.717) is 57.8 Å². The van der Waals surface area contributed by atoms with E-state index in [4.69, 9.17) is 61.6 Å². The van der Waals surface area contributed by atoms with E-state index in [9.17, 15) is 38.5 Å². The lowest BCUT2D eigenvalue weighted by Crippen LogP contribution is -2.74. The van der Waals surface area contributed by atoms with Crippen molar-refractivity contribution in [2.24, 2.45) is 5.92 Å². The number of aliphatic hydroxyl groups excluding tert-OH is 5. The second-order valence-electron chi connectivity index (χ2n) is 28.1. The quantitative estimate of drug-likeness (QED) is 0.104. The highest BCUT2D eigenvalue weighted by molar-refractivity contribution is 7.80. The zero-order chi connectivity index (χ0) is 58.7. The Hall–Kier alpha value is -1.63. The summed E-state index contributed by atoms with van der Waals surface area (Å²) in [6.45, 7) is 23.8. The highest BCUT2D eigenvalue weighted by Crippen LogP contribution is 2.56. The van der Waals surface area contributed by atoms with Crippen LogP contribution in [0.3, 0.4) is 0 Å². The van der Waals surface area contributed by atoms with Gasteiger partial charge in [0.15, 0.2) is 0 Å². The Kier molecular flexibility index (Phi) is 15.8. The van der Waals surface area contributed by atoms with E-state index in [1.807, 2.05) is 13.0 Å². The summed E-state index contributed by atoms with van der Waals surface area (Å²) in [7, 11) is -5.15. The molecular formula is C60H90O22S. The molecule has 22 nitrogen and oxygen atoms in total. The number of fused-ring (bicyclic) bond motifs is 11. The number of rotatable bonds is 10. The number of ether oxygens (including phenoxy) is 13. The fourth-order valence-corrected chi connectivity index (χ4v) is 18.0. The van der Waals surface area contributed by atoms with Gasteiger partial charge < -0.3 is 87.1 Å². The van der Waals surface area contributed by atoms with Gasteiger partial charge in [-0.2, -0.15) is 8.42 Å². The highest BCUT2D eigenvalue weighted by atomic mass is 32.3. The van der Waals surface area contributed by atoms with E-state index in [2.05, 4.69) is 51.6 Å². The monoisotopic (exact) mass is 1190 g/mol. The van der Waals surface area contributed by atoms with Crippen LogP contribution in [0.2, 0.25) is 0 Å². The third kappa shape index (κ3) is 10.7. The van der Waals surface area contributed by atoms with Gasteiger partial charge >= 0.3 is 10.4 Å². The van der Waals surface area contributed by atoms with E-state index in [0.717, 1.165) is 36.8 Å². The smallest absolute Gasteiger partial charge is 0.394 e. The van der Waals surface area contributed by atoms with Crippen LogP contribution in [-0.2, 0) is 76.2 Å². The number of hydrogen-bond acceptors (Lipinski definition) is 21. The lowest BCUT2D eigenvalue weighted by molar-refractivity contribution is -0.368. The Balaban J connectivity index is 0.660.